The Balaban J connectivity index is 1.89. The van der Waals surface area contributed by atoms with Crippen molar-refractivity contribution in [1.82, 2.24) is 10.3 Å². The molecule has 1 atom stereocenters. The van der Waals surface area contributed by atoms with E-state index in [9.17, 15) is 0 Å². The second kappa shape index (κ2) is 6.50. The largest absolute Gasteiger partial charge is 0.312 e. The van der Waals surface area contributed by atoms with Crippen molar-refractivity contribution in [3.05, 3.63) is 28.5 Å². The maximum Gasteiger partial charge on any atom is 0.0573 e. The number of halogens is 1. The highest BCUT2D eigenvalue weighted by Gasteiger charge is 2.18. The first-order chi connectivity index (χ1) is 8.29. The fourth-order valence-corrected chi connectivity index (χ4v) is 2.97. The zero-order valence-corrected chi connectivity index (χ0v) is 12.0. The molecule has 2 nitrogen and oxygen atoms in total. The van der Waals surface area contributed by atoms with Gasteiger partial charge in [0.25, 0.3) is 0 Å². The van der Waals surface area contributed by atoms with Gasteiger partial charge < -0.3 is 5.32 Å². The standard InChI is InChI=1S/C14H21BrN2/c1-16-13(8-6-11-4-2-3-5-11)14-9-7-12(15)10-17-14/h7,9-11,13,16H,2-6,8H2,1H3. The number of nitrogens with zero attached hydrogens (tertiary/aromatic N) is 1. The van der Waals surface area contributed by atoms with Crippen molar-refractivity contribution in [2.75, 3.05) is 7.05 Å². The van der Waals surface area contributed by atoms with Gasteiger partial charge in [0.05, 0.1) is 5.69 Å². The molecule has 0 amide bonds. The van der Waals surface area contributed by atoms with Crippen molar-refractivity contribution in [3.8, 4) is 0 Å². The Morgan fingerprint density at radius 3 is 2.76 bits per heavy atom. The Bertz CT molecular complexity index is 331. The van der Waals surface area contributed by atoms with E-state index in [2.05, 4.69) is 38.4 Å². The molecule has 1 saturated carbocycles. The summed E-state index contributed by atoms with van der Waals surface area (Å²) in [6.45, 7) is 0. The van der Waals surface area contributed by atoms with Gasteiger partial charge in [-0.25, -0.2) is 0 Å². The summed E-state index contributed by atoms with van der Waals surface area (Å²) >= 11 is 3.43. The van der Waals surface area contributed by atoms with Gasteiger partial charge in [-0.05, 0) is 53.9 Å². The molecule has 1 heterocycles. The van der Waals surface area contributed by atoms with E-state index < -0.39 is 0 Å². The van der Waals surface area contributed by atoms with Crippen LogP contribution in [0.25, 0.3) is 0 Å². The fraction of sp³-hybridized carbons (Fsp3) is 0.643. The van der Waals surface area contributed by atoms with E-state index in [4.69, 9.17) is 0 Å². The molecule has 0 aliphatic heterocycles. The molecule has 1 aliphatic carbocycles. The van der Waals surface area contributed by atoms with Crippen LogP contribution in [0, 0.1) is 5.92 Å². The zero-order chi connectivity index (χ0) is 12.1. The summed E-state index contributed by atoms with van der Waals surface area (Å²) in [5.41, 5.74) is 1.16. The third-order valence-corrected chi connectivity index (χ3v) is 4.26. The molecule has 1 aromatic rings. The van der Waals surface area contributed by atoms with Gasteiger partial charge in [0, 0.05) is 16.7 Å². The van der Waals surface area contributed by atoms with Crippen LogP contribution in [0.2, 0.25) is 0 Å². The zero-order valence-electron chi connectivity index (χ0n) is 10.5. The van der Waals surface area contributed by atoms with Crippen molar-refractivity contribution in [1.29, 1.82) is 0 Å². The van der Waals surface area contributed by atoms with E-state index in [1.807, 2.05) is 13.2 Å². The number of nitrogens with one attached hydrogen (secondary N) is 1. The summed E-state index contributed by atoms with van der Waals surface area (Å²) in [6.07, 6.45) is 10.2. The second-order valence-electron chi connectivity index (χ2n) is 4.97. The Morgan fingerprint density at radius 2 is 2.18 bits per heavy atom. The van der Waals surface area contributed by atoms with Crippen LogP contribution in [0.5, 0.6) is 0 Å². The Labute approximate surface area is 112 Å². The Morgan fingerprint density at radius 1 is 1.41 bits per heavy atom. The lowest BCUT2D eigenvalue weighted by Gasteiger charge is -2.17. The van der Waals surface area contributed by atoms with Crippen molar-refractivity contribution in [2.24, 2.45) is 5.92 Å². The predicted octanol–water partition coefficient (Wildman–Crippen LogP) is 4.08. The number of hydrogen-bond acceptors (Lipinski definition) is 2. The SMILES string of the molecule is CNC(CCC1CCCC1)c1ccc(Br)cn1. The first-order valence-corrected chi connectivity index (χ1v) is 7.37. The van der Waals surface area contributed by atoms with Crippen LogP contribution >= 0.6 is 15.9 Å². The summed E-state index contributed by atoms with van der Waals surface area (Å²) in [5, 5.41) is 3.38. The minimum Gasteiger partial charge on any atom is -0.312 e. The first-order valence-electron chi connectivity index (χ1n) is 6.58. The number of pyridine rings is 1. The van der Waals surface area contributed by atoms with Crippen LogP contribution < -0.4 is 5.32 Å². The molecule has 1 N–H and O–H groups in total. The lowest BCUT2D eigenvalue weighted by Crippen LogP contribution is -2.18. The Hall–Kier alpha value is -0.410. The van der Waals surface area contributed by atoms with Gasteiger partial charge in [-0.1, -0.05) is 25.7 Å². The van der Waals surface area contributed by atoms with Crippen molar-refractivity contribution in [2.45, 2.75) is 44.6 Å². The molecule has 0 saturated heterocycles. The molecule has 1 aromatic heterocycles. The maximum absolute atomic E-state index is 4.49. The molecule has 17 heavy (non-hydrogen) atoms. The van der Waals surface area contributed by atoms with E-state index in [1.165, 1.54) is 38.5 Å². The van der Waals surface area contributed by atoms with Gasteiger partial charge in [0.1, 0.15) is 0 Å². The van der Waals surface area contributed by atoms with Crippen LogP contribution in [0.3, 0.4) is 0 Å². The molecule has 1 fully saturated rings. The quantitative estimate of drug-likeness (QED) is 0.886. The minimum absolute atomic E-state index is 0.406. The van der Waals surface area contributed by atoms with Crippen LogP contribution in [0.1, 0.15) is 50.3 Å². The highest BCUT2D eigenvalue weighted by Crippen LogP contribution is 2.31. The van der Waals surface area contributed by atoms with Crippen LogP contribution in [-0.4, -0.2) is 12.0 Å². The van der Waals surface area contributed by atoms with Crippen LogP contribution in [0.15, 0.2) is 22.8 Å². The van der Waals surface area contributed by atoms with E-state index in [0.717, 1.165) is 16.1 Å². The first kappa shape index (κ1) is 13.0. The molecule has 0 spiro atoms. The number of hydrogen-bond donors (Lipinski definition) is 1. The number of aromatic nitrogens is 1. The molecule has 1 unspecified atom stereocenters. The highest BCUT2D eigenvalue weighted by atomic mass is 79.9. The predicted molar refractivity (Wildman–Crippen MR) is 74.9 cm³/mol. The molecule has 94 valence electrons. The third-order valence-electron chi connectivity index (χ3n) is 3.79. The van der Waals surface area contributed by atoms with Gasteiger partial charge in [-0.2, -0.15) is 0 Å². The normalized spacial score (nSPS) is 18.5. The van der Waals surface area contributed by atoms with E-state index in [0.29, 0.717) is 6.04 Å². The van der Waals surface area contributed by atoms with Gasteiger partial charge in [0.2, 0.25) is 0 Å². The van der Waals surface area contributed by atoms with Crippen molar-refractivity contribution >= 4 is 15.9 Å². The highest BCUT2D eigenvalue weighted by molar-refractivity contribution is 9.10. The molecule has 1 aliphatic rings. The van der Waals surface area contributed by atoms with E-state index >= 15 is 0 Å². The summed E-state index contributed by atoms with van der Waals surface area (Å²) in [5.74, 6) is 0.960. The van der Waals surface area contributed by atoms with Gasteiger partial charge in [-0.3, -0.25) is 4.98 Å². The van der Waals surface area contributed by atoms with E-state index in [-0.39, 0.29) is 0 Å². The van der Waals surface area contributed by atoms with Crippen LogP contribution in [-0.2, 0) is 0 Å². The smallest absolute Gasteiger partial charge is 0.0573 e. The third kappa shape index (κ3) is 3.78. The lowest BCUT2D eigenvalue weighted by atomic mass is 9.97. The average Bonchev–Trinajstić information content (AvgIpc) is 2.85. The van der Waals surface area contributed by atoms with E-state index in [1.54, 1.807) is 0 Å². The Kier molecular flexibility index (Phi) is 4.99. The molecule has 0 aromatic carbocycles. The van der Waals surface area contributed by atoms with Crippen molar-refractivity contribution < 1.29 is 0 Å². The monoisotopic (exact) mass is 296 g/mol. The minimum atomic E-state index is 0.406. The van der Waals surface area contributed by atoms with Gasteiger partial charge >= 0.3 is 0 Å². The lowest BCUT2D eigenvalue weighted by molar-refractivity contribution is 0.423. The molecule has 0 radical (unpaired) electrons. The molecule has 0 bridgehead atoms. The molecular weight excluding hydrogens is 276 g/mol. The fourth-order valence-electron chi connectivity index (χ4n) is 2.73. The van der Waals surface area contributed by atoms with Crippen LogP contribution in [0.4, 0.5) is 0 Å². The number of rotatable bonds is 5. The summed E-state index contributed by atoms with van der Waals surface area (Å²) in [6, 6.07) is 4.59. The summed E-state index contributed by atoms with van der Waals surface area (Å²) in [4.78, 5) is 4.49. The maximum atomic E-state index is 4.49. The van der Waals surface area contributed by atoms with Gasteiger partial charge in [0.15, 0.2) is 0 Å². The molecular formula is C14H21BrN2. The molecule has 2 rings (SSSR count). The molecule has 3 heteroatoms. The van der Waals surface area contributed by atoms with Crippen molar-refractivity contribution in [3.63, 3.8) is 0 Å². The summed E-state index contributed by atoms with van der Waals surface area (Å²) in [7, 11) is 2.03. The summed E-state index contributed by atoms with van der Waals surface area (Å²) < 4.78 is 1.05. The second-order valence-corrected chi connectivity index (χ2v) is 5.89. The average molecular weight is 297 g/mol. The van der Waals surface area contributed by atoms with Gasteiger partial charge in [-0.15, -0.1) is 0 Å². The topological polar surface area (TPSA) is 24.9 Å².